The van der Waals surface area contributed by atoms with E-state index in [0.29, 0.717) is 19.6 Å². The molecule has 1 fully saturated rings. The Kier molecular flexibility index (Phi) is 9.15. The summed E-state index contributed by atoms with van der Waals surface area (Å²) in [6, 6.07) is 15.1. The second-order valence-corrected chi connectivity index (χ2v) is 6.63. The number of nitrogens with one attached hydrogen (secondary N) is 1. The summed E-state index contributed by atoms with van der Waals surface area (Å²) < 4.78 is 10.5. The van der Waals surface area contributed by atoms with E-state index in [1.807, 2.05) is 19.1 Å². The molecule has 0 bridgehead atoms. The van der Waals surface area contributed by atoms with Gasteiger partial charge in [-0.3, -0.25) is 4.79 Å². The minimum atomic E-state index is -0.0110. The third-order valence-electron chi connectivity index (χ3n) is 4.58. The van der Waals surface area contributed by atoms with Gasteiger partial charge in [-0.2, -0.15) is 0 Å². The molecule has 1 saturated heterocycles. The molecular weight excluding hydrogens is 356 g/mol. The number of rotatable bonds is 8. The highest BCUT2D eigenvalue weighted by Gasteiger charge is 2.11. The highest BCUT2D eigenvalue weighted by Crippen LogP contribution is 2.22. The van der Waals surface area contributed by atoms with Crippen molar-refractivity contribution in [2.45, 2.75) is 25.8 Å². The number of aromatic hydroxyl groups is 1. The smallest absolute Gasteiger partial charge is 0.207 e. The number of benzene rings is 2. The van der Waals surface area contributed by atoms with Gasteiger partial charge in [0.2, 0.25) is 6.41 Å². The Bertz CT molecular complexity index is 683. The van der Waals surface area contributed by atoms with E-state index in [2.05, 4.69) is 22.3 Å². The minimum Gasteiger partial charge on any atom is -0.508 e. The summed E-state index contributed by atoms with van der Waals surface area (Å²) in [4.78, 5) is 12.5. The second-order valence-electron chi connectivity index (χ2n) is 6.63. The van der Waals surface area contributed by atoms with Gasteiger partial charge in [0.15, 0.2) is 0 Å². The number of phenols is 1. The van der Waals surface area contributed by atoms with Crippen LogP contribution in [0.5, 0.6) is 11.5 Å². The Morgan fingerprint density at radius 2 is 1.71 bits per heavy atom. The molecule has 1 heterocycles. The highest BCUT2D eigenvalue weighted by molar-refractivity contribution is 5.49. The van der Waals surface area contributed by atoms with Gasteiger partial charge in [-0.1, -0.05) is 12.1 Å². The third-order valence-corrected chi connectivity index (χ3v) is 4.58. The molecule has 0 aliphatic carbocycles. The Morgan fingerprint density at radius 3 is 2.29 bits per heavy atom. The van der Waals surface area contributed by atoms with Gasteiger partial charge >= 0.3 is 0 Å². The van der Waals surface area contributed by atoms with Crippen LogP contribution in [0.2, 0.25) is 0 Å². The van der Waals surface area contributed by atoms with Gasteiger partial charge in [0.1, 0.15) is 18.1 Å². The van der Waals surface area contributed by atoms with Crippen molar-refractivity contribution in [2.75, 3.05) is 38.3 Å². The third kappa shape index (κ3) is 7.12. The maximum Gasteiger partial charge on any atom is 0.207 e. The summed E-state index contributed by atoms with van der Waals surface area (Å²) in [7, 11) is 1.68. The molecular formula is C22H30N2O4. The van der Waals surface area contributed by atoms with Crippen molar-refractivity contribution in [3.05, 3.63) is 54.1 Å². The molecule has 1 atom stereocenters. The molecule has 1 aliphatic rings. The fraction of sp³-hybridized carbons (Fsp3) is 0.409. The van der Waals surface area contributed by atoms with Crippen LogP contribution < -0.4 is 15.0 Å². The van der Waals surface area contributed by atoms with Gasteiger partial charge in [-0.25, -0.2) is 0 Å². The Hall–Kier alpha value is -2.73. The molecule has 0 spiro atoms. The standard InChI is InChI=1S/C13H19NO2.C9H11NO2/c1-15-10-11-16-13-6-4-12(5-7-13)14-8-2-3-9-14;1-7(10-6-11)8-2-4-9(12)5-3-8/h4-7H,2-3,8-11H2,1H3;2-7,12H,1H3,(H,10,11). The number of phenolic OH excluding ortho intramolecular Hbond substituents is 1. The van der Waals surface area contributed by atoms with E-state index in [0.717, 1.165) is 11.3 Å². The monoisotopic (exact) mass is 386 g/mol. The molecule has 2 aromatic carbocycles. The van der Waals surface area contributed by atoms with Crippen LogP contribution in [-0.4, -0.2) is 44.9 Å². The van der Waals surface area contributed by atoms with Crippen molar-refractivity contribution in [3.63, 3.8) is 0 Å². The average molecular weight is 386 g/mol. The van der Waals surface area contributed by atoms with Crippen LogP contribution in [0.1, 0.15) is 31.4 Å². The lowest BCUT2D eigenvalue weighted by molar-refractivity contribution is -0.110. The first-order chi connectivity index (χ1) is 13.6. The van der Waals surface area contributed by atoms with Crippen molar-refractivity contribution >= 4 is 12.1 Å². The Labute approximate surface area is 167 Å². The zero-order chi connectivity index (χ0) is 20.2. The lowest BCUT2D eigenvalue weighted by Crippen LogP contribution is -2.17. The quantitative estimate of drug-likeness (QED) is 0.537. The van der Waals surface area contributed by atoms with Gasteiger partial charge in [0, 0.05) is 25.9 Å². The minimum absolute atomic E-state index is 0.0110. The van der Waals surface area contributed by atoms with Crippen LogP contribution in [0.3, 0.4) is 0 Å². The number of carbonyl (C=O) groups excluding carboxylic acids is 1. The molecule has 3 rings (SSSR count). The van der Waals surface area contributed by atoms with E-state index in [1.165, 1.54) is 31.6 Å². The topological polar surface area (TPSA) is 71.0 Å². The molecule has 28 heavy (non-hydrogen) atoms. The maximum atomic E-state index is 10.1. The number of hydrogen-bond acceptors (Lipinski definition) is 5. The summed E-state index contributed by atoms with van der Waals surface area (Å²) in [5.41, 5.74) is 2.27. The van der Waals surface area contributed by atoms with E-state index >= 15 is 0 Å². The van der Waals surface area contributed by atoms with Gasteiger partial charge < -0.3 is 24.8 Å². The van der Waals surface area contributed by atoms with Crippen LogP contribution in [0, 0.1) is 0 Å². The molecule has 1 amide bonds. The normalized spacial score (nSPS) is 14.0. The lowest BCUT2D eigenvalue weighted by atomic mass is 10.1. The van der Waals surface area contributed by atoms with Gasteiger partial charge in [-0.05, 0) is 61.7 Å². The molecule has 1 unspecified atom stereocenters. The number of amides is 1. The summed E-state index contributed by atoms with van der Waals surface area (Å²) in [6.07, 6.45) is 3.29. The Morgan fingerprint density at radius 1 is 1.07 bits per heavy atom. The van der Waals surface area contributed by atoms with Crippen LogP contribution in [-0.2, 0) is 9.53 Å². The van der Waals surface area contributed by atoms with E-state index in [4.69, 9.17) is 14.6 Å². The Balaban J connectivity index is 0.000000209. The molecule has 0 aromatic heterocycles. The predicted molar refractivity (Wildman–Crippen MR) is 111 cm³/mol. The largest absolute Gasteiger partial charge is 0.508 e. The average Bonchev–Trinajstić information content (AvgIpc) is 3.25. The first kappa shape index (κ1) is 21.6. The molecule has 0 saturated carbocycles. The molecule has 0 radical (unpaired) electrons. The molecule has 1 aliphatic heterocycles. The van der Waals surface area contributed by atoms with E-state index in [9.17, 15) is 4.79 Å². The fourth-order valence-electron chi connectivity index (χ4n) is 2.93. The zero-order valence-electron chi connectivity index (χ0n) is 16.6. The molecule has 6 heteroatoms. The summed E-state index contributed by atoms with van der Waals surface area (Å²) in [5.74, 6) is 1.15. The highest BCUT2D eigenvalue weighted by atomic mass is 16.5. The molecule has 152 valence electrons. The van der Waals surface area contributed by atoms with Gasteiger partial charge in [-0.15, -0.1) is 0 Å². The van der Waals surface area contributed by atoms with Crippen LogP contribution >= 0.6 is 0 Å². The van der Waals surface area contributed by atoms with Crippen LogP contribution in [0.25, 0.3) is 0 Å². The summed E-state index contributed by atoms with van der Waals surface area (Å²) in [5, 5.41) is 11.6. The van der Waals surface area contributed by atoms with Gasteiger partial charge in [0.25, 0.3) is 0 Å². The number of carbonyl (C=O) groups is 1. The fourth-order valence-corrected chi connectivity index (χ4v) is 2.93. The molecule has 6 nitrogen and oxygen atoms in total. The maximum absolute atomic E-state index is 10.1. The SMILES string of the molecule is CC(NC=O)c1ccc(O)cc1.COCCOc1ccc(N2CCCC2)cc1. The first-order valence-electron chi connectivity index (χ1n) is 9.59. The van der Waals surface area contributed by atoms with Crippen molar-refractivity contribution in [1.29, 1.82) is 0 Å². The number of anilines is 1. The van der Waals surface area contributed by atoms with Crippen molar-refractivity contribution in [1.82, 2.24) is 5.32 Å². The van der Waals surface area contributed by atoms with E-state index in [1.54, 1.807) is 31.4 Å². The predicted octanol–water partition coefficient (Wildman–Crippen LogP) is 3.51. The summed E-state index contributed by atoms with van der Waals surface area (Å²) in [6.45, 7) is 5.49. The van der Waals surface area contributed by atoms with Gasteiger partial charge in [0.05, 0.1) is 12.6 Å². The lowest BCUT2D eigenvalue weighted by Gasteiger charge is -2.17. The molecule has 2 N–H and O–H groups in total. The van der Waals surface area contributed by atoms with Crippen LogP contribution in [0.15, 0.2) is 48.5 Å². The zero-order valence-corrected chi connectivity index (χ0v) is 16.6. The van der Waals surface area contributed by atoms with Crippen molar-refractivity contribution < 1.29 is 19.4 Å². The summed E-state index contributed by atoms with van der Waals surface area (Å²) >= 11 is 0. The second kappa shape index (κ2) is 11.9. The van der Waals surface area contributed by atoms with E-state index < -0.39 is 0 Å². The number of ether oxygens (including phenoxy) is 2. The van der Waals surface area contributed by atoms with Crippen LogP contribution in [0.4, 0.5) is 5.69 Å². The number of nitrogens with zero attached hydrogens (tertiary/aromatic N) is 1. The van der Waals surface area contributed by atoms with Crippen molar-refractivity contribution in [3.8, 4) is 11.5 Å². The van der Waals surface area contributed by atoms with E-state index in [-0.39, 0.29) is 11.8 Å². The van der Waals surface area contributed by atoms with Crippen molar-refractivity contribution in [2.24, 2.45) is 0 Å². The first-order valence-corrected chi connectivity index (χ1v) is 9.59. The molecule has 2 aromatic rings. The number of hydrogen-bond donors (Lipinski definition) is 2. The number of methoxy groups -OCH3 is 1.